The highest BCUT2D eigenvalue weighted by atomic mass is 16.5. The van der Waals surface area contributed by atoms with E-state index in [-0.39, 0.29) is 53.8 Å². The first kappa shape index (κ1) is 44.1. The number of nitrogens with zero attached hydrogens (tertiary/aromatic N) is 2. The lowest BCUT2D eigenvalue weighted by molar-refractivity contribution is -0.148. The molecule has 4 N–H and O–H groups in total. The molecule has 1 aromatic rings. The van der Waals surface area contributed by atoms with Crippen LogP contribution in [-0.4, -0.2) is 116 Å². The zero-order valence-corrected chi connectivity index (χ0v) is 33.1. The quantitative estimate of drug-likeness (QED) is 0.160. The molecule has 1 fully saturated rings. The van der Waals surface area contributed by atoms with Gasteiger partial charge in [-0.25, -0.2) is 0 Å². The second kappa shape index (κ2) is 20.8. The van der Waals surface area contributed by atoms with Crippen LogP contribution in [0.3, 0.4) is 0 Å². The fourth-order valence-electron chi connectivity index (χ4n) is 7.42. The number of benzene rings is 1. The van der Waals surface area contributed by atoms with E-state index in [0.29, 0.717) is 18.5 Å². The highest BCUT2D eigenvalue weighted by Crippen LogP contribution is 2.30. The summed E-state index contributed by atoms with van der Waals surface area (Å²) in [5, 5.41) is 19.8. The maximum atomic E-state index is 14.1. The standard InChI is InChI=1S/C39H67N5O7/c1-13-25(6)34(43(10)39(49)33(24(4)5)42-38(48)32(40-9)23(2)3)30(50-11)22-31(45)44-21-17-20-29(44)36(51-12)26(7)37(47)41-27(8)35(46)28-18-15-14-16-19-28/h14-16,18-19,23-27,29-30,32-36,40,46H,13,17,20-22H2,1-12H3,(H,41,47)(H,42,48)/t25-,26+,27+,29?,30+,32?,33-,34-,35?,36?/m0/s1. The van der Waals surface area contributed by atoms with E-state index in [1.807, 2.05) is 71.9 Å². The average molecular weight is 718 g/mol. The van der Waals surface area contributed by atoms with Gasteiger partial charge in [-0.1, -0.05) is 85.2 Å². The summed E-state index contributed by atoms with van der Waals surface area (Å²) in [5.74, 6) is -1.62. The molecule has 4 unspecified atom stereocenters. The number of methoxy groups -OCH3 is 2. The number of likely N-dealkylation sites (tertiary alicyclic amines) is 1. The van der Waals surface area contributed by atoms with Crippen molar-refractivity contribution in [2.75, 3.05) is 34.9 Å². The zero-order chi connectivity index (χ0) is 38.6. The van der Waals surface area contributed by atoms with E-state index in [2.05, 4.69) is 16.0 Å². The molecule has 1 heterocycles. The molecule has 1 saturated heterocycles. The number of carbonyl (C=O) groups excluding carboxylic acids is 4. The van der Waals surface area contributed by atoms with Gasteiger partial charge in [-0.3, -0.25) is 19.2 Å². The molecule has 1 aliphatic heterocycles. The van der Waals surface area contributed by atoms with E-state index >= 15 is 0 Å². The molecule has 0 saturated carbocycles. The Hall–Kier alpha value is -3.06. The molecule has 4 amide bonds. The van der Waals surface area contributed by atoms with E-state index in [4.69, 9.17) is 9.47 Å². The molecule has 1 aliphatic rings. The Morgan fingerprint density at radius 2 is 1.53 bits per heavy atom. The predicted molar refractivity (Wildman–Crippen MR) is 200 cm³/mol. The molecule has 0 aromatic heterocycles. The van der Waals surface area contributed by atoms with Gasteiger partial charge in [0.05, 0.1) is 54.8 Å². The molecule has 51 heavy (non-hydrogen) atoms. The Kier molecular flexibility index (Phi) is 18.0. The van der Waals surface area contributed by atoms with E-state index < -0.39 is 48.4 Å². The number of aliphatic hydroxyl groups is 1. The summed E-state index contributed by atoms with van der Waals surface area (Å²) < 4.78 is 11.9. The van der Waals surface area contributed by atoms with Crippen molar-refractivity contribution < 1.29 is 33.8 Å². The van der Waals surface area contributed by atoms with Gasteiger partial charge in [0, 0.05) is 27.8 Å². The smallest absolute Gasteiger partial charge is 0.245 e. The molecule has 0 spiro atoms. The first-order valence-electron chi connectivity index (χ1n) is 18.7. The van der Waals surface area contributed by atoms with E-state index in [0.717, 1.165) is 12.8 Å². The van der Waals surface area contributed by atoms with E-state index in [9.17, 15) is 24.3 Å². The van der Waals surface area contributed by atoms with Crippen molar-refractivity contribution in [3.05, 3.63) is 35.9 Å². The largest absolute Gasteiger partial charge is 0.386 e. The van der Waals surface area contributed by atoms with Crippen LogP contribution in [-0.2, 0) is 28.7 Å². The predicted octanol–water partition coefficient (Wildman–Crippen LogP) is 3.53. The third-order valence-electron chi connectivity index (χ3n) is 10.7. The third kappa shape index (κ3) is 11.5. The van der Waals surface area contributed by atoms with Gasteiger partial charge < -0.3 is 40.3 Å². The maximum absolute atomic E-state index is 14.1. The monoisotopic (exact) mass is 718 g/mol. The van der Waals surface area contributed by atoms with Crippen LogP contribution < -0.4 is 16.0 Å². The molecule has 12 heteroatoms. The summed E-state index contributed by atoms with van der Waals surface area (Å²) in [5.41, 5.74) is 0.711. The lowest BCUT2D eigenvalue weighted by Crippen LogP contribution is -2.59. The molecule has 10 atom stereocenters. The molecule has 12 nitrogen and oxygen atoms in total. The number of nitrogens with one attached hydrogen (secondary N) is 3. The third-order valence-corrected chi connectivity index (χ3v) is 10.7. The number of ether oxygens (including phenoxy) is 2. The van der Waals surface area contributed by atoms with Crippen LogP contribution >= 0.6 is 0 Å². The Morgan fingerprint density at radius 1 is 0.922 bits per heavy atom. The number of amides is 4. The SMILES string of the molecule is CC[C@H](C)[C@@H]([C@@H](CC(=O)N1CCCC1C(OC)[C@@H](C)C(=O)N[C@H](C)C(O)c1ccccc1)OC)N(C)C(=O)[C@@H](NC(=O)C(NC)C(C)C)C(C)C. The van der Waals surface area contributed by atoms with E-state index in [1.54, 1.807) is 52.0 Å². The normalized spacial score (nSPS) is 20.1. The van der Waals surface area contributed by atoms with Crippen LogP contribution in [0.4, 0.5) is 0 Å². The Balaban J connectivity index is 2.24. The van der Waals surface area contributed by atoms with Gasteiger partial charge in [-0.2, -0.15) is 0 Å². The van der Waals surface area contributed by atoms with Crippen LogP contribution in [0.2, 0.25) is 0 Å². The molecule has 0 aliphatic carbocycles. The van der Waals surface area contributed by atoms with Crippen molar-refractivity contribution in [3.63, 3.8) is 0 Å². The molecule has 2 rings (SSSR count). The highest BCUT2D eigenvalue weighted by Gasteiger charge is 2.43. The van der Waals surface area contributed by atoms with Gasteiger partial charge >= 0.3 is 0 Å². The van der Waals surface area contributed by atoms with Gasteiger partial charge in [0.1, 0.15) is 6.04 Å². The summed E-state index contributed by atoms with van der Waals surface area (Å²) in [6.45, 7) is 15.9. The van der Waals surface area contributed by atoms with Crippen LogP contribution in [0, 0.1) is 23.7 Å². The minimum Gasteiger partial charge on any atom is -0.386 e. The average Bonchev–Trinajstić information content (AvgIpc) is 3.59. The number of likely N-dealkylation sites (N-methyl/N-ethyl adjacent to an activating group) is 2. The van der Waals surface area contributed by atoms with Gasteiger partial charge in [-0.15, -0.1) is 0 Å². The highest BCUT2D eigenvalue weighted by molar-refractivity contribution is 5.90. The number of hydrogen-bond donors (Lipinski definition) is 4. The molecule has 290 valence electrons. The van der Waals surface area contributed by atoms with Crippen LogP contribution in [0.5, 0.6) is 0 Å². The van der Waals surface area contributed by atoms with Gasteiger partial charge in [0.25, 0.3) is 0 Å². The first-order chi connectivity index (χ1) is 24.0. The Labute approximate surface area is 306 Å². The van der Waals surface area contributed by atoms with Crippen molar-refractivity contribution in [1.82, 2.24) is 25.8 Å². The van der Waals surface area contributed by atoms with Crippen molar-refractivity contribution >= 4 is 23.6 Å². The summed E-state index contributed by atoms with van der Waals surface area (Å²) in [7, 11) is 6.57. The van der Waals surface area contributed by atoms with E-state index in [1.165, 1.54) is 0 Å². The van der Waals surface area contributed by atoms with Crippen molar-refractivity contribution in [2.45, 2.75) is 130 Å². The van der Waals surface area contributed by atoms with Crippen molar-refractivity contribution in [2.24, 2.45) is 23.7 Å². The van der Waals surface area contributed by atoms with Crippen LogP contribution in [0.25, 0.3) is 0 Å². The lowest BCUT2D eigenvalue weighted by atomic mass is 9.89. The summed E-state index contributed by atoms with van der Waals surface area (Å²) in [6.07, 6.45) is 0.147. The maximum Gasteiger partial charge on any atom is 0.245 e. The van der Waals surface area contributed by atoms with Crippen molar-refractivity contribution in [1.29, 1.82) is 0 Å². The van der Waals surface area contributed by atoms with Crippen molar-refractivity contribution in [3.8, 4) is 0 Å². The van der Waals surface area contributed by atoms with Crippen LogP contribution in [0.15, 0.2) is 30.3 Å². The number of aliphatic hydroxyl groups excluding tert-OH is 1. The van der Waals surface area contributed by atoms with Gasteiger partial charge in [0.15, 0.2) is 0 Å². The zero-order valence-electron chi connectivity index (χ0n) is 33.1. The molecule has 0 radical (unpaired) electrons. The number of hydrogen-bond acceptors (Lipinski definition) is 8. The lowest BCUT2D eigenvalue weighted by Gasteiger charge is -2.41. The fourth-order valence-corrected chi connectivity index (χ4v) is 7.42. The summed E-state index contributed by atoms with van der Waals surface area (Å²) in [4.78, 5) is 58.3. The molecular weight excluding hydrogens is 650 g/mol. The first-order valence-corrected chi connectivity index (χ1v) is 18.7. The summed E-state index contributed by atoms with van der Waals surface area (Å²) in [6, 6.07) is 6.67. The molecule has 1 aromatic carbocycles. The summed E-state index contributed by atoms with van der Waals surface area (Å²) >= 11 is 0. The number of carbonyl (C=O) groups is 4. The fraction of sp³-hybridized carbons (Fsp3) is 0.744. The number of rotatable bonds is 20. The minimum atomic E-state index is -0.875. The minimum absolute atomic E-state index is 0.0148. The second-order valence-electron chi connectivity index (χ2n) is 15.0. The topological polar surface area (TPSA) is 150 Å². The van der Waals surface area contributed by atoms with Crippen LogP contribution in [0.1, 0.15) is 92.7 Å². The Morgan fingerprint density at radius 3 is 2.04 bits per heavy atom. The Bertz CT molecular complexity index is 1250. The van der Waals surface area contributed by atoms with Gasteiger partial charge in [-0.05, 0) is 50.1 Å². The molecular formula is C39H67N5O7. The molecule has 0 bridgehead atoms. The second-order valence-corrected chi connectivity index (χ2v) is 15.0. The van der Waals surface area contributed by atoms with Gasteiger partial charge in [0.2, 0.25) is 23.6 Å².